The zero-order valence-electron chi connectivity index (χ0n) is 11.1. The Balaban J connectivity index is 2.03. The van der Waals surface area contributed by atoms with Crippen molar-refractivity contribution in [2.24, 2.45) is 11.8 Å². The van der Waals surface area contributed by atoms with Crippen molar-refractivity contribution >= 4 is 5.69 Å². The topological polar surface area (TPSA) is 21.3 Å². The van der Waals surface area contributed by atoms with Crippen molar-refractivity contribution in [3.05, 3.63) is 24.3 Å². The molecular weight excluding hydrogens is 210 g/mol. The Morgan fingerprint density at radius 1 is 1.06 bits per heavy atom. The summed E-state index contributed by atoms with van der Waals surface area (Å²) in [4.78, 5) is 0. The highest BCUT2D eigenvalue weighted by molar-refractivity contribution is 5.47. The molecule has 0 saturated heterocycles. The fourth-order valence-electron chi connectivity index (χ4n) is 2.85. The summed E-state index contributed by atoms with van der Waals surface area (Å²) in [5.74, 6) is 2.45. The molecule has 94 valence electrons. The Labute approximate surface area is 104 Å². The first-order valence-corrected chi connectivity index (χ1v) is 6.61. The summed E-state index contributed by atoms with van der Waals surface area (Å²) in [6.07, 6.45) is 4.07. The quantitative estimate of drug-likeness (QED) is 0.854. The van der Waals surface area contributed by atoms with Crippen molar-refractivity contribution in [2.45, 2.75) is 39.2 Å². The lowest BCUT2D eigenvalue weighted by atomic mass is 9.78. The van der Waals surface area contributed by atoms with Crippen LogP contribution in [-0.2, 0) is 0 Å². The van der Waals surface area contributed by atoms with Gasteiger partial charge in [0.15, 0.2) is 0 Å². The van der Waals surface area contributed by atoms with Gasteiger partial charge >= 0.3 is 0 Å². The van der Waals surface area contributed by atoms with Gasteiger partial charge in [0.1, 0.15) is 5.75 Å². The first-order valence-electron chi connectivity index (χ1n) is 6.61. The Kier molecular flexibility index (Phi) is 3.93. The lowest BCUT2D eigenvalue weighted by Gasteiger charge is -2.35. The number of ether oxygens (including phenoxy) is 1. The molecular formula is C15H23NO. The molecule has 0 heterocycles. The summed E-state index contributed by atoms with van der Waals surface area (Å²) in [7, 11) is 1.70. The second-order valence-corrected chi connectivity index (χ2v) is 5.28. The molecule has 2 atom stereocenters. The molecule has 17 heavy (non-hydrogen) atoms. The average molecular weight is 233 g/mol. The number of hydrogen-bond acceptors (Lipinski definition) is 2. The SMILES string of the molecule is COc1ccc(NC2C(C)CCCC2C)cc1. The summed E-state index contributed by atoms with van der Waals surface area (Å²) in [6, 6.07) is 8.85. The summed E-state index contributed by atoms with van der Waals surface area (Å²) < 4.78 is 5.17. The minimum atomic E-state index is 0.608. The third kappa shape index (κ3) is 2.93. The fraction of sp³-hybridized carbons (Fsp3) is 0.600. The van der Waals surface area contributed by atoms with Crippen LogP contribution < -0.4 is 10.1 Å². The minimum absolute atomic E-state index is 0.608. The summed E-state index contributed by atoms with van der Waals surface area (Å²) >= 11 is 0. The third-order valence-electron chi connectivity index (χ3n) is 3.97. The molecule has 0 spiro atoms. The molecule has 1 aromatic rings. The van der Waals surface area contributed by atoms with Gasteiger partial charge in [-0.3, -0.25) is 0 Å². The molecule has 2 rings (SSSR count). The Hall–Kier alpha value is -1.18. The fourth-order valence-corrected chi connectivity index (χ4v) is 2.85. The molecule has 2 unspecified atom stereocenters. The number of hydrogen-bond donors (Lipinski definition) is 1. The molecule has 0 aliphatic heterocycles. The number of methoxy groups -OCH3 is 1. The Morgan fingerprint density at radius 3 is 2.18 bits per heavy atom. The van der Waals surface area contributed by atoms with E-state index in [2.05, 4.69) is 31.3 Å². The molecule has 0 bridgehead atoms. The van der Waals surface area contributed by atoms with E-state index in [9.17, 15) is 0 Å². The van der Waals surface area contributed by atoms with Crippen LogP contribution in [0, 0.1) is 11.8 Å². The van der Waals surface area contributed by atoms with Crippen LogP contribution in [0.25, 0.3) is 0 Å². The highest BCUT2D eigenvalue weighted by atomic mass is 16.5. The van der Waals surface area contributed by atoms with E-state index in [0.717, 1.165) is 17.6 Å². The number of rotatable bonds is 3. The standard InChI is InChI=1S/C15H23NO/c1-11-5-4-6-12(2)15(11)16-13-7-9-14(17-3)10-8-13/h7-12,15-16H,4-6H2,1-3H3. The highest BCUT2D eigenvalue weighted by Gasteiger charge is 2.27. The largest absolute Gasteiger partial charge is 0.497 e. The van der Waals surface area contributed by atoms with Gasteiger partial charge in [0, 0.05) is 11.7 Å². The molecule has 1 saturated carbocycles. The summed E-state index contributed by atoms with van der Waals surface area (Å²) in [5, 5.41) is 3.68. The van der Waals surface area contributed by atoms with Crippen LogP contribution in [0.2, 0.25) is 0 Å². The molecule has 1 aliphatic rings. The predicted octanol–water partition coefficient (Wildman–Crippen LogP) is 3.93. The van der Waals surface area contributed by atoms with Crippen molar-refractivity contribution in [2.75, 3.05) is 12.4 Å². The Bertz CT molecular complexity index is 336. The third-order valence-corrected chi connectivity index (χ3v) is 3.97. The predicted molar refractivity (Wildman–Crippen MR) is 72.6 cm³/mol. The lowest BCUT2D eigenvalue weighted by Crippen LogP contribution is -2.36. The maximum atomic E-state index is 5.17. The van der Waals surface area contributed by atoms with Crippen molar-refractivity contribution in [1.29, 1.82) is 0 Å². The van der Waals surface area contributed by atoms with Crippen LogP contribution in [0.3, 0.4) is 0 Å². The van der Waals surface area contributed by atoms with Gasteiger partial charge in [-0.15, -0.1) is 0 Å². The number of benzene rings is 1. The normalized spacial score (nSPS) is 28.8. The van der Waals surface area contributed by atoms with Crippen LogP contribution in [0.1, 0.15) is 33.1 Å². The van der Waals surface area contributed by atoms with Crippen LogP contribution in [-0.4, -0.2) is 13.2 Å². The lowest BCUT2D eigenvalue weighted by molar-refractivity contribution is 0.268. The van der Waals surface area contributed by atoms with E-state index in [1.54, 1.807) is 7.11 Å². The van der Waals surface area contributed by atoms with E-state index in [-0.39, 0.29) is 0 Å². The molecule has 1 aliphatic carbocycles. The van der Waals surface area contributed by atoms with Gasteiger partial charge < -0.3 is 10.1 Å². The molecule has 2 heteroatoms. The van der Waals surface area contributed by atoms with Gasteiger partial charge in [0.05, 0.1) is 7.11 Å². The van der Waals surface area contributed by atoms with Crippen LogP contribution in [0.15, 0.2) is 24.3 Å². The van der Waals surface area contributed by atoms with E-state index in [4.69, 9.17) is 4.74 Å². The summed E-state index contributed by atoms with van der Waals surface area (Å²) in [6.45, 7) is 4.72. The molecule has 0 amide bonds. The first kappa shape index (κ1) is 12.3. The van der Waals surface area contributed by atoms with Crippen molar-refractivity contribution in [3.63, 3.8) is 0 Å². The van der Waals surface area contributed by atoms with Crippen LogP contribution in [0.5, 0.6) is 5.75 Å². The van der Waals surface area contributed by atoms with E-state index < -0.39 is 0 Å². The van der Waals surface area contributed by atoms with E-state index in [1.807, 2.05) is 12.1 Å². The van der Waals surface area contributed by atoms with E-state index in [0.29, 0.717) is 6.04 Å². The van der Waals surface area contributed by atoms with Crippen molar-refractivity contribution in [3.8, 4) is 5.75 Å². The molecule has 1 fully saturated rings. The maximum Gasteiger partial charge on any atom is 0.119 e. The second-order valence-electron chi connectivity index (χ2n) is 5.28. The van der Waals surface area contributed by atoms with Crippen LogP contribution in [0.4, 0.5) is 5.69 Å². The van der Waals surface area contributed by atoms with Gasteiger partial charge in [0.25, 0.3) is 0 Å². The van der Waals surface area contributed by atoms with Gasteiger partial charge in [-0.25, -0.2) is 0 Å². The first-order chi connectivity index (χ1) is 8.20. The minimum Gasteiger partial charge on any atom is -0.497 e. The van der Waals surface area contributed by atoms with E-state index >= 15 is 0 Å². The summed E-state index contributed by atoms with van der Waals surface area (Å²) in [5.41, 5.74) is 1.20. The average Bonchev–Trinajstić information content (AvgIpc) is 2.35. The zero-order chi connectivity index (χ0) is 12.3. The molecule has 2 nitrogen and oxygen atoms in total. The Morgan fingerprint density at radius 2 is 1.65 bits per heavy atom. The molecule has 0 aromatic heterocycles. The van der Waals surface area contributed by atoms with Gasteiger partial charge in [0.2, 0.25) is 0 Å². The number of anilines is 1. The maximum absolute atomic E-state index is 5.17. The highest BCUT2D eigenvalue weighted by Crippen LogP contribution is 2.31. The van der Waals surface area contributed by atoms with E-state index in [1.165, 1.54) is 24.9 Å². The van der Waals surface area contributed by atoms with Gasteiger partial charge in [-0.1, -0.05) is 20.3 Å². The zero-order valence-corrected chi connectivity index (χ0v) is 11.1. The van der Waals surface area contributed by atoms with Crippen molar-refractivity contribution in [1.82, 2.24) is 0 Å². The van der Waals surface area contributed by atoms with Crippen LogP contribution >= 0.6 is 0 Å². The molecule has 0 radical (unpaired) electrons. The molecule has 1 N–H and O–H groups in total. The smallest absolute Gasteiger partial charge is 0.119 e. The van der Waals surface area contributed by atoms with Crippen molar-refractivity contribution < 1.29 is 4.74 Å². The number of nitrogens with one attached hydrogen (secondary N) is 1. The van der Waals surface area contributed by atoms with Gasteiger partial charge in [-0.2, -0.15) is 0 Å². The monoisotopic (exact) mass is 233 g/mol. The second kappa shape index (κ2) is 5.44. The molecule has 1 aromatic carbocycles. The van der Waals surface area contributed by atoms with Gasteiger partial charge in [-0.05, 0) is 48.9 Å².